The molecular formula is C19H24N2O4S. The lowest BCUT2D eigenvalue weighted by Gasteiger charge is -2.31. The molecule has 2 aliphatic rings. The van der Waals surface area contributed by atoms with Gasteiger partial charge in [0.2, 0.25) is 5.91 Å². The summed E-state index contributed by atoms with van der Waals surface area (Å²) in [7, 11) is 0. The van der Waals surface area contributed by atoms with Crippen LogP contribution in [0.3, 0.4) is 0 Å². The number of nitrogens with zero attached hydrogens (tertiary/aromatic N) is 2. The molecule has 0 radical (unpaired) electrons. The number of thiocarbonyl (C=S) groups is 1. The number of carbonyl (C=O) groups is 2. The molecule has 2 fully saturated rings. The Morgan fingerprint density at radius 3 is 2.54 bits per heavy atom. The zero-order chi connectivity index (χ0) is 18.8. The minimum atomic E-state index is -0.555. The highest BCUT2D eigenvalue weighted by Gasteiger charge is 2.42. The molecule has 3 atom stereocenters. The molecule has 26 heavy (non-hydrogen) atoms. The van der Waals surface area contributed by atoms with Gasteiger partial charge >= 0.3 is 6.09 Å². The minimum absolute atomic E-state index is 0.0297. The third-order valence-corrected chi connectivity index (χ3v) is 5.31. The zero-order valence-electron chi connectivity index (χ0n) is 15.3. The van der Waals surface area contributed by atoms with Crippen molar-refractivity contribution in [2.75, 3.05) is 13.2 Å². The van der Waals surface area contributed by atoms with E-state index in [0.29, 0.717) is 11.8 Å². The van der Waals surface area contributed by atoms with E-state index in [4.69, 9.17) is 21.7 Å². The van der Waals surface area contributed by atoms with Gasteiger partial charge in [-0.3, -0.25) is 4.79 Å². The second kappa shape index (κ2) is 7.61. The van der Waals surface area contributed by atoms with Crippen molar-refractivity contribution in [3.63, 3.8) is 0 Å². The second-order valence-electron chi connectivity index (χ2n) is 7.12. The van der Waals surface area contributed by atoms with Crippen LogP contribution in [-0.2, 0) is 14.3 Å². The van der Waals surface area contributed by atoms with Crippen molar-refractivity contribution in [2.45, 2.75) is 45.3 Å². The Morgan fingerprint density at radius 1 is 1.19 bits per heavy atom. The first-order chi connectivity index (χ1) is 12.4. The summed E-state index contributed by atoms with van der Waals surface area (Å²) in [6.07, 6.45) is -0.383. The summed E-state index contributed by atoms with van der Waals surface area (Å²) < 4.78 is 10.7. The van der Waals surface area contributed by atoms with Gasteiger partial charge in [0, 0.05) is 12.5 Å². The van der Waals surface area contributed by atoms with Crippen molar-refractivity contribution in [1.29, 1.82) is 0 Å². The van der Waals surface area contributed by atoms with E-state index in [2.05, 4.69) is 0 Å². The van der Waals surface area contributed by atoms with Crippen LogP contribution in [0.5, 0.6) is 0 Å². The first-order valence-corrected chi connectivity index (χ1v) is 9.29. The molecule has 0 unspecified atom stereocenters. The molecule has 1 aromatic rings. The Balaban J connectivity index is 1.73. The normalized spacial score (nSPS) is 24.0. The van der Waals surface area contributed by atoms with Crippen LogP contribution in [-0.4, -0.2) is 52.3 Å². The van der Waals surface area contributed by atoms with Crippen LogP contribution in [0, 0.1) is 5.92 Å². The number of hydrogen-bond acceptors (Lipinski definition) is 5. The monoisotopic (exact) mass is 376 g/mol. The van der Waals surface area contributed by atoms with E-state index in [1.807, 2.05) is 56.0 Å². The molecule has 0 saturated carbocycles. The molecule has 0 spiro atoms. The van der Waals surface area contributed by atoms with E-state index >= 15 is 0 Å². The van der Waals surface area contributed by atoms with Crippen LogP contribution in [0.15, 0.2) is 30.3 Å². The minimum Gasteiger partial charge on any atom is -0.468 e. The molecule has 6 nitrogen and oxygen atoms in total. The third-order valence-electron chi connectivity index (χ3n) is 4.98. The largest absolute Gasteiger partial charge is 0.468 e. The third kappa shape index (κ3) is 3.53. The number of imide groups is 1. The van der Waals surface area contributed by atoms with Gasteiger partial charge < -0.3 is 14.4 Å². The smallest absolute Gasteiger partial charge is 0.416 e. The lowest BCUT2D eigenvalue weighted by molar-refractivity contribution is -0.130. The standard InChI is InChI=1S/C19H24N2O4S/c1-12(2)15-10-24-18(23)21(15)17(22)9-13(3)20-16(11-25-19(20)26)14-7-5-4-6-8-14/h4-8,12-13,15-16H,9-11H2,1-3H3/t13-,15-,16+/m1/s1. The number of cyclic esters (lactones) is 1. The van der Waals surface area contributed by atoms with Crippen LogP contribution in [0.25, 0.3) is 0 Å². The fraction of sp³-hybridized carbons (Fsp3) is 0.526. The van der Waals surface area contributed by atoms with Gasteiger partial charge in [-0.1, -0.05) is 44.2 Å². The van der Waals surface area contributed by atoms with Crippen molar-refractivity contribution in [1.82, 2.24) is 9.80 Å². The number of ether oxygens (including phenoxy) is 2. The number of hydrogen-bond donors (Lipinski definition) is 0. The summed E-state index contributed by atoms with van der Waals surface area (Å²) >= 11 is 5.36. The van der Waals surface area contributed by atoms with E-state index < -0.39 is 6.09 Å². The highest BCUT2D eigenvalue weighted by Crippen LogP contribution is 2.31. The summed E-state index contributed by atoms with van der Waals surface area (Å²) in [6.45, 7) is 6.60. The van der Waals surface area contributed by atoms with Gasteiger partial charge in [0.05, 0.1) is 12.1 Å². The average Bonchev–Trinajstić information content (AvgIpc) is 3.18. The van der Waals surface area contributed by atoms with Crippen molar-refractivity contribution in [3.8, 4) is 0 Å². The topological polar surface area (TPSA) is 59.1 Å². The van der Waals surface area contributed by atoms with Crippen LogP contribution < -0.4 is 0 Å². The molecule has 2 saturated heterocycles. The molecule has 140 valence electrons. The van der Waals surface area contributed by atoms with Crippen LogP contribution in [0.4, 0.5) is 4.79 Å². The predicted octanol–water partition coefficient (Wildman–Crippen LogP) is 3.13. The van der Waals surface area contributed by atoms with E-state index in [1.54, 1.807) is 0 Å². The van der Waals surface area contributed by atoms with Gasteiger partial charge in [-0.05, 0) is 30.6 Å². The van der Waals surface area contributed by atoms with Crippen LogP contribution in [0.2, 0.25) is 0 Å². The summed E-state index contributed by atoms with van der Waals surface area (Å²) in [5, 5.41) is 0.392. The number of amides is 2. The molecule has 1 aromatic carbocycles. The van der Waals surface area contributed by atoms with Crippen molar-refractivity contribution < 1.29 is 19.1 Å². The van der Waals surface area contributed by atoms with E-state index in [9.17, 15) is 9.59 Å². The highest BCUT2D eigenvalue weighted by atomic mass is 32.1. The summed E-state index contributed by atoms with van der Waals surface area (Å²) in [4.78, 5) is 28.0. The first kappa shape index (κ1) is 18.6. The highest BCUT2D eigenvalue weighted by molar-refractivity contribution is 7.80. The molecule has 2 aliphatic heterocycles. The Kier molecular flexibility index (Phi) is 5.46. The molecule has 7 heteroatoms. The van der Waals surface area contributed by atoms with Gasteiger partial charge in [0.1, 0.15) is 13.2 Å². The first-order valence-electron chi connectivity index (χ1n) is 8.89. The summed E-state index contributed by atoms with van der Waals surface area (Å²) in [6, 6.07) is 9.51. The number of rotatable bonds is 5. The lowest BCUT2D eigenvalue weighted by Crippen LogP contribution is -2.45. The summed E-state index contributed by atoms with van der Waals surface area (Å²) in [5.41, 5.74) is 1.09. The Bertz CT molecular complexity index is 694. The van der Waals surface area contributed by atoms with Gasteiger partial charge in [-0.2, -0.15) is 0 Å². The van der Waals surface area contributed by atoms with Gasteiger partial charge in [-0.15, -0.1) is 0 Å². The number of carbonyl (C=O) groups excluding carboxylic acids is 2. The van der Waals surface area contributed by atoms with Crippen LogP contribution >= 0.6 is 12.2 Å². The second-order valence-corrected chi connectivity index (χ2v) is 7.47. The van der Waals surface area contributed by atoms with Crippen molar-refractivity contribution in [3.05, 3.63) is 35.9 Å². The lowest BCUT2D eigenvalue weighted by atomic mass is 10.0. The van der Waals surface area contributed by atoms with Crippen molar-refractivity contribution >= 4 is 29.4 Å². The van der Waals surface area contributed by atoms with E-state index in [-0.39, 0.29) is 43.0 Å². The SMILES string of the molecule is CC(C)[C@H]1COC(=O)N1C(=O)C[C@@H](C)N1C(=S)OC[C@H]1c1ccccc1. The fourth-order valence-electron chi connectivity index (χ4n) is 3.51. The predicted molar refractivity (Wildman–Crippen MR) is 100 cm³/mol. The molecule has 0 aromatic heterocycles. The molecule has 0 N–H and O–H groups in total. The van der Waals surface area contributed by atoms with E-state index in [1.165, 1.54) is 4.90 Å². The summed E-state index contributed by atoms with van der Waals surface area (Å²) in [5.74, 6) is -0.0887. The molecule has 2 heterocycles. The molecule has 0 aliphatic carbocycles. The maximum absolute atomic E-state index is 12.8. The van der Waals surface area contributed by atoms with Gasteiger partial charge in [0.25, 0.3) is 5.17 Å². The Labute approximate surface area is 159 Å². The quantitative estimate of drug-likeness (QED) is 0.736. The van der Waals surface area contributed by atoms with Gasteiger partial charge in [0.15, 0.2) is 0 Å². The molecular weight excluding hydrogens is 352 g/mol. The van der Waals surface area contributed by atoms with E-state index in [0.717, 1.165) is 5.56 Å². The molecule has 0 bridgehead atoms. The molecule has 3 rings (SSSR count). The van der Waals surface area contributed by atoms with Gasteiger partial charge in [-0.25, -0.2) is 9.69 Å². The molecule has 2 amide bonds. The van der Waals surface area contributed by atoms with Crippen molar-refractivity contribution in [2.24, 2.45) is 5.92 Å². The maximum Gasteiger partial charge on any atom is 0.416 e. The fourth-order valence-corrected chi connectivity index (χ4v) is 3.89. The van der Waals surface area contributed by atoms with Crippen LogP contribution in [0.1, 0.15) is 38.8 Å². The number of benzene rings is 1. The average molecular weight is 376 g/mol. The Hall–Kier alpha value is -2.15. The Morgan fingerprint density at radius 2 is 1.88 bits per heavy atom. The maximum atomic E-state index is 12.8. The zero-order valence-corrected chi connectivity index (χ0v) is 16.1.